The van der Waals surface area contributed by atoms with Gasteiger partial charge in [-0.2, -0.15) is 0 Å². The maximum atomic E-state index is 13.2. The SMILES string of the molecule is COc1ccc2c(=O)[nH]cc(-c3ccc(CC(=O)N4CCc5ccc(OCC(C)(C)O)cc54)cc3)c2c1. The fourth-order valence-electron chi connectivity index (χ4n) is 4.64. The summed E-state index contributed by atoms with van der Waals surface area (Å²) in [5, 5.41) is 11.3. The summed E-state index contributed by atoms with van der Waals surface area (Å²) < 4.78 is 11.1. The number of hydrogen-bond donors (Lipinski definition) is 2. The molecule has 1 amide bonds. The number of ether oxygens (including phenoxy) is 2. The number of H-pyrrole nitrogens is 1. The average Bonchev–Trinajstić information content (AvgIpc) is 3.31. The Hall–Kier alpha value is -4.10. The molecule has 0 unspecified atom stereocenters. The van der Waals surface area contributed by atoms with Gasteiger partial charge < -0.3 is 24.5 Å². The number of aromatic amines is 1. The zero-order chi connectivity index (χ0) is 26.2. The summed E-state index contributed by atoms with van der Waals surface area (Å²) in [5.74, 6) is 1.33. The van der Waals surface area contributed by atoms with Gasteiger partial charge in [-0.05, 0) is 61.2 Å². The summed E-state index contributed by atoms with van der Waals surface area (Å²) in [6, 6.07) is 19.0. The largest absolute Gasteiger partial charge is 0.497 e. The fraction of sp³-hybridized carbons (Fsp3) is 0.267. The molecule has 1 aliphatic rings. The van der Waals surface area contributed by atoms with Gasteiger partial charge in [0, 0.05) is 35.1 Å². The zero-order valence-electron chi connectivity index (χ0n) is 21.2. The Morgan fingerprint density at radius 1 is 1.03 bits per heavy atom. The Balaban J connectivity index is 1.34. The van der Waals surface area contributed by atoms with Gasteiger partial charge in [-0.25, -0.2) is 0 Å². The zero-order valence-corrected chi connectivity index (χ0v) is 21.2. The standard InChI is InChI=1S/C30H30N2O5/c1-30(2,35)18-37-23-9-8-21-12-13-32(27(21)16-23)28(33)14-19-4-6-20(7-5-19)26-17-31-29(34)24-11-10-22(36-3)15-25(24)26/h4-11,15-17,35H,12-14,18H2,1-3H3,(H,31,34). The molecule has 1 aliphatic heterocycles. The number of aliphatic hydroxyl groups is 1. The molecule has 37 heavy (non-hydrogen) atoms. The minimum absolute atomic E-state index is 0.0189. The predicted octanol–water partition coefficient (Wildman–Crippen LogP) is 4.49. The molecule has 1 aromatic heterocycles. The van der Waals surface area contributed by atoms with Crippen LogP contribution >= 0.6 is 0 Å². The first-order valence-electron chi connectivity index (χ1n) is 12.3. The van der Waals surface area contributed by atoms with Crippen LogP contribution in [0, 0.1) is 0 Å². The molecule has 7 heteroatoms. The van der Waals surface area contributed by atoms with E-state index in [0.29, 0.717) is 23.4 Å². The molecule has 0 bridgehead atoms. The molecule has 0 atom stereocenters. The molecule has 0 radical (unpaired) electrons. The van der Waals surface area contributed by atoms with E-state index in [1.165, 1.54) is 0 Å². The quantitative estimate of drug-likeness (QED) is 0.392. The van der Waals surface area contributed by atoms with Crippen LogP contribution in [0.1, 0.15) is 25.0 Å². The number of pyridine rings is 1. The Morgan fingerprint density at radius 2 is 1.78 bits per heavy atom. The molecule has 0 spiro atoms. The number of benzene rings is 3. The van der Waals surface area contributed by atoms with E-state index in [-0.39, 0.29) is 24.5 Å². The summed E-state index contributed by atoms with van der Waals surface area (Å²) >= 11 is 0. The highest BCUT2D eigenvalue weighted by atomic mass is 16.5. The van der Waals surface area contributed by atoms with Gasteiger partial charge in [-0.3, -0.25) is 9.59 Å². The lowest BCUT2D eigenvalue weighted by atomic mass is 9.99. The normalized spacial score (nSPS) is 13.0. The lowest BCUT2D eigenvalue weighted by molar-refractivity contribution is -0.117. The minimum atomic E-state index is -0.936. The molecule has 3 aromatic carbocycles. The molecule has 0 saturated carbocycles. The summed E-state index contributed by atoms with van der Waals surface area (Å²) in [4.78, 5) is 30.1. The first-order chi connectivity index (χ1) is 17.7. The van der Waals surface area contributed by atoms with Crippen LogP contribution in [0.4, 0.5) is 5.69 Å². The number of hydrogen-bond acceptors (Lipinski definition) is 5. The molecule has 2 N–H and O–H groups in total. The molecule has 7 nitrogen and oxygen atoms in total. The number of carbonyl (C=O) groups excluding carboxylic acids is 1. The van der Waals surface area contributed by atoms with Crippen LogP contribution in [0.15, 0.2) is 71.7 Å². The fourth-order valence-corrected chi connectivity index (χ4v) is 4.64. The number of methoxy groups -OCH3 is 1. The van der Waals surface area contributed by atoms with Crippen LogP contribution in [0.5, 0.6) is 11.5 Å². The van der Waals surface area contributed by atoms with E-state index in [1.54, 1.807) is 39.3 Å². The van der Waals surface area contributed by atoms with Crippen LogP contribution in [0.2, 0.25) is 0 Å². The second-order valence-electron chi connectivity index (χ2n) is 10.0. The number of anilines is 1. The highest BCUT2D eigenvalue weighted by molar-refractivity contribution is 5.98. The van der Waals surface area contributed by atoms with E-state index in [2.05, 4.69) is 4.98 Å². The number of aromatic nitrogens is 1. The van der Waals surface area contributed by atoms with Gasteiger partial charge in [0.2, 0.25) is 5.91 Å². The third-order valence-corrected chi connectivity index (χ3v) is 6.57. The third-order valence-electron chi connectivity index (χ3n) is 6.57. The van der Waals surface area contributed by atoms with Gasteiger partial charge in [-0.15, -0.1) is 0 Å². The van der Waals surface area contributed by atoms with Crippen molar-refractivity contribution < 1.29 is 19.4 Å². The maximum absolute atomic E-state index is 13.2. The van der Waals surface area contributed by atoms with Crippen molar-refractivity contribution in [3.63, 3.8) is 0 Å². The highest BCUT2D eigenvalue weighted by Crippen LogP contribution is 2.33. The molecule has 0 aliphatic carbocycles. The van der Waals surface area contributed by atoms with Gasteiger partial charge in [0.1, 0.15) is 18.1 Å². The number of amides is 1. The van der Waals surface area contributed by atoms with Crippen molar-refractivity contribution in [2.24, 2.45) is 0 Å². The monoisotopic (exact) mass is 498 g/mol. The van der Waals surface area contributed by atoms with Gasteiger partial charge >= 0.3 is 0 Å². The molecule has 5 rings (SSSR count). The molecule has 2 heterocycles. The average molecular weight is 499 g/mol. The van der Waals surface area contributed by atoms with Crippen LogP contribution < -0.4 is 19.9 Å². The van der Waals surface area contributed by atoms with Crippen molar-refractivity contribution in [2.75, 3.05) is 25.2 Å². The van der Waals surface area contributed by atoms with Gasteiger partial charge in [0.25, 0.3) is 5.56 Å². The Bertz CT molecular complexity index is 1520. The highest BCUT2D eigenvalue weighted by Gasteiger charge is 2.25. The second-order valence-corrected chi connectivity index (χ2v) is 10.0. The van der Waals surface area contributed by atoms with E-state index in [1.807, 2.05) is 53.4 Å². The van der Waals surface area contributed by atoms with E-state index in [9.17, 15) is 14.7 Å². The molecule has 0 fully saturated rings. The van der Waals surface area contributed by atoms with Crippen molar-refractivity contribution >= 4 is 22.4 Å². The van der Waals surface area contributed by atoms with Crippen molar-refractivity contribution in [3.05, 3.63) is 88.3 Å². The van der Waals surface area contributed by atoms with Gasteiger partial charge in [-0.1, -0.05) is 30.3 Å². The van der Waals surface area contributed by atoms with Crippen molar-refractivity contribution in [1.82, 2.24) is 4.98 Å². The van der Waals surface area contributed by atoms with Crippen molar-refractivity contribution in [1.29, 1.82) is 0 Å². The van der Waals surface area contributed by atoms with Gasteiger partial charge in [0.05, 0.1) is 24.8 Å². The summed E-state index contributed by atoms with van der Waals surface area (Å²) in [7, 11) is 1.60. The molecular weight excluding hydrogens is 468 g/mol. The van der Waals surface area contributed by atoms with Crippen LogP contribution in [-0.2, 0) is 17.6 Å². The van der Waals surface area contributed by atoms with Crippen LogP contribution in [-0.4, -0.2) is 41.9 Å². The summed E-state index contributed by atoms with van der Waals surface area (Å²) in [6.07, 6.45) is 2.78. The Labute approximate surface area is 215 Å². The van der Waals surface area contributed by atoms with E-state index in [0.717, 1.165) is 39.7 Å². The van der Waals surface area contributed by atoms with E-state index >= 15 is 0 Å². The smallest absolute Gasteiger partial charge is 0.255 e. The predicted molar refractivity (Wildman–Crippen MR) is 145 cm³/mol. The first-order valence-corrected chi connectivity index (χ1v) is 12.3. The van der Waals surface area contributed by atoms with Crippen LogP contribution in [0.25, 0.3) is 21.9 Å². The number of fused-ring (bicyclic) bond motifs is 2. The van der Waals surface area contributed by atoms with E-state index in [4.69, 9.17) is 9.47 Å². The Kier molecular flexibility index (Phi) is 6.48. The molecule has 0 saturated heterocycles. The molecule has 190 valence electrons. The maximum Gasteiger partial charge on any atom is 0.255 e. The Morgan fingerprint density at radius 3 is 2.51 bits per heavy atom. The minimum Gasteiger partial charge on any atom is -0.497 e. The number of carbonyl (C=O) groups is 1. The number of nitrogens with one attached hydrogen (secondary N) is 1. The van der Waals surface area contributed by atoms with Crippen molar-refractivity contribution in [2.45, 2.75) is 32.3 Å². The topological polar surface area (TPSA) is 91.9 Å². The summed E-state index contributed by atoms with van der Waals surface area (Å²) in [5.41, 5.74) is 3.62. The van der Waals surface area contributed by atoms with Crippen LogP contribution in [0.3, 0.4) is 0 Å². The van der Waals surface area contributed by atoms with E-state index < -0.39 is 5.60 Å². The molecular formula is C30H30N2O5. The number of nitrogens with zero attached hydrogens (tertiary/aromatic N) is 1. The van der Waals surface area contributed by atoms with Gasteiger partial charge in [0.15, 0.2) is 0 Å². The number of rotatable bonds is 7. The molecule has 4 aromatic rings. The lowest BCUT2D eigenvalue weighted by Gasteiger charge is -2.20. The first kappa shape index (κ1) is 24.6. The van der Waals surface area contributed by atoms with Crippen molar-refractivity contribution in [3.8, 4) is 22.6 Å². The summed E-state index contributed by atoms with van der Waals surface area (Å²) in [6.45, 7) is 4.19. The lowest BCUT2D eigenvalue weighted by Crippen LogP contribution is -2.30. The third kappa shape index (κ3) is 5.22. The second kappa shape index (κ2) is 9.75.